The van der Waals surface area contributed by atoms with E-state index in [4.69, 9.17) is 4.52 Å². The fourth-order valence-electron chi connectivity index (χ4n) is 1.45. The number of rotatable bonds is 4. The maximum absolute atomic E-state index is 12.2. The minimum absolute atomic E-state index is 0.0905. The van der Waals surface area contributed by atoms with E-state index in [9.17, 15) is 8.42 Å². The van der Waals surface area contributed by atoms with Crippen LogP contribution in [0, 0.1) is 13.8 Å². The third kappa shape index (κ3) is 2.64. The smallest absolute Gasteiger partial charge is 0.248 e. The highest BCUT2D eigenvalue weighted by Gasteiger charge is 2.28. The highest BCUT2D eigenvalue weighted by atomic mass is 79.9. The zero-order valence-electron chi connectivity index (χ0n) is 9.69. The highest BCUT2D eigenvalue weighted by molar-refractivity contribution is 9.09. The van der Waals surface area contributed by atoms with Crippen LogP contribution in [-0.4, -0.2) is 36.3 Å². The van der Waals surface area contributed by atoms with Gasteiger partial charge in [0.05, 0.1) is 0 Å². The normalized spacial score (nSPS) is 14.4. The van der Waals surface area contributed by atoms with E-state index in [0.29, 0.717) is 18.0 Å². The number of aryl methyl sites for hydroxylation is 2. The van der Waals surface area contributed by atoms with Crippen LogP contribution in [0.4, 0.5) is 0 Å². The van der Waals surface area contributed by atoms with Gasteiger partial charge in [-0.1, -0.05) is 28.0 Å². The van der Waals surface area contributed by atoms with Crippen molar-refractivity contribution < 1.29 is 12.9 Å². The minimum atomic E-state index is -3.50. The number of alkyl halides is 1. The van der Waals surface area contributed by atoms with Gasteiger partial charge in [-0.15, -0.1) is 0 Å². The van der Waals surface area contributed by atoms with Crippen LogP contribution >= 0.6 is 15.9 Å². The molecule has 1 aromatic heterocycles. The first-order chi connectivity index (χ1) is 7.26. The van der Waals surface area contributed by atoms with E-state index in [1.54, 1.807) is 20.9 Å². The van der Waals surface area contributed by atoms with Gasteiger partial charge in [-0.05, 0) is 13.8 Å². The van der Waals surface area contributed by atoms with Crippen LogP contribution in [0.3, 0.4) is 0 Å². The summed E-state index contributed by atoms with van der Waals surface area (Å²) < 4.78 is 30.5. The molecule has 0 saturated carbocycles. The van der Waals surface area contributed by atoms with Crippen molar-refractivity contribution >= 4 is 26.0 Å². The maximum atomic E-state index is 12.2. The zero-order valence-corrected chi connectivity index (χ0v) is 12.1. The fourth-order valence-corrected chi connectivity index (χ4v) is 3.62. The van der Waals surface area contributed by atoms with Crippen molar-refractivity contribution in [2.75, 3.05) is 13.6 Å². The van der Waals surface area contributed by atoms with Crippen LogP contribution in [0.2, 0.25) is 0 Å². The van der Waals surface area contributed by atoms with Crippen molar-refractivity contribution in [2.45, 2.75) is 30.5 Å². The Balaban J connectivity index is 3.12. The zero-order chi connectivity index (χ0) is 12.5. The standard InChI is InChI=1S/C9H15BrN2O3S/c1-6(10)5-12(4)16(13,14)9-7(2)11-15-8(9)3/h6H,5H2,1-4H3. The van der Waals surface area contributed by atoms with E-state index in [-0.39, 0.29) is 9.72 Å². The summed E-state index contributed by atoms with van der Waals surface area (Å²) in [5.74, 6) is 0.326. The molecule has 0 bridgehead atoms. The first-order valence-electron chi connectivity index (χ1n) is 4.80. The van der Waals surface area contributed by atoms with Crippen molar-refractivity contribution in [3.63, 3.8) is 0 Å². The van der Waals surface area contributed by atoms with Gasteiger partial charge in [0.2, 0.25) is 10.0 Å². The van der Waals surface area contributed by atoms with Gasteiger partial charge in [-0.3, -0.25) is 0 Å². The summed E-state index contributed by atoms with van der Waals surface area (Å²) in [6.07, 6.45) is 0. The number of halogens is 1. The second-order valence-corrected chi connectivity index (χ2v) is 7.26. The van der Waals surface area contributed by atoms with Gasteiger partial charge < -0.3 is 4.52 Å². The van der Waals surface area contributed by atoms with E-state index in [1.807, 2.05) is 6.92 Å². The van der Waals surface area contributed by atoms with Crippen LogP contribution in [0.15, 0.2) is 9.42 Å². The Morgan fingerprint density at radius 2 is 2.06 bits per heavy atom. The maximum Gasteiger partial charge on any atom is 0.248 e. The molecule has 7 heteroatoms. The molecule has 0 radical (unpaired) electrons. The Hall–Kier alpha value is -0.400. The summed E-state index contributed by atoms with van der Waals surface area (Å²) in [5.41, 5.74) is 0.395. The van der Waals surface area contributed by atoms with Crippen molar-refractivity contribution in [2.24, 2.45) is 0 Å². The predicted molar refractivity (Wildman–Crippen MR) is 64.2 cm³/mol. The average molecular weight is 311 g/mol. The summed E-state index contributed by atoms with van der Waals surface area (Å²) in [4.78, 5) is 0.260. The third-order valence-corrected chi connectivity index (χ3v) is 4.50. The quantitative estimate of drug-likeness (QED) is 0.794. The number of nitrogens with zero attached hydrogens (tertiary/aromatic N) is 2. The van der Waals surface area contributed by atoms with Crippen LogP contribution in [0.1, 0.15) is 18.4 Å². The fraction of sp³-hybridized carbons (Fsp3) is 0.667. The average Bonchev–Trinajstić information content (AvgIpc) is 2.45. The Labute approximate surface area is 104 Å². The van der Waals surface area contributed by atoms with E-state index >= 15 is 0 Å². The van der Waals surface area contributed by atoms with Gasteiger partial charge in [-0.25, -0.2) is 8.42 Å². The SMILES string of the molecule is Cc1noc(C)c1S(=O)(=O)N(C)CC(C)Br. The van der Waals surface area contributed by atoms with Crippen molar-refractivity contribution in [3.05, 3.63) is 11.5 Å². The highest BCUT2D eigenvalue weighted by Crippen LogP contribution is 2.22. The van der Waals surface area contributed by atoms with E-state index in [0.717, 1.165) is 0 Å². The number of hydrogen-bond donors (Lipinski definition) is 0. The Morgan fingerprint density at radius 1 is 1.50 bits per heavy atom. The summed E-state index contributed by atoms with van der Waals surface area (Å²) in [6, 6.07) is 0. The monoisotopic (exact) mass is 310 g/mol. The van der Waals surface area contributed by atoms with Gasteiger partial charge in [-0.2, -0.15) is 4.31 Å². The molecular formula is C9H15BrN2O3S. The minimum Gasteiger partial charge on any atom is -0.360 e. The second kappa shape index (κ2) is 4.85. The molecule has 1 heterocycles. The lowest BCUT2D eigenvalue weighted by molar-refractivity contribution is 0.390. The molecule has 0 spiro atoms. The Morgan fingerprint density at radius 3 is 2.44 bits per heavy atom. The second-order valence-electron chi connectivity index (χ2n) is 3.72. The topological polar surface area (TPSA) is 63.4 Å². The molecule has 16 heavy (non-hydrogen) atoms. The Kier molecular flexibility index (Phi) is 4.14. The lowest BCUT2D eigenvalue weighted by Crippen LogP contribution is -2.31. The molecule has 0 fully saturated rings. The summed E-state index contributed by atoms with van der Waals surface area (Å²) in [6.45, 7) is 5.50. The molecule has 0 saturated heterocycles. The molecule has 92 valence electrons. The predicted octanol–water partition coefficient (Wildman–Crippen LogP) is 1.70. The first-order valence-corrected chi connectivity index (χ1v) is 7.15. The Bertz CT molecular complexity index is 448. The van der Waals surface area contributed by atoms with Gasteiger partial charge in [0, 0.05) is 18.4 Å². The molecular weight excluding hydrogens is 296 g/mol. The first kappa shape index (κ1) is 13.7. The number of sulfonamides is 1. The lowest BCUT2D eigenvalue weighted by atomic mass is 10.4. The molecule has 0 amide bonds. The van der Waals surface area contributed by atoms with Crippen molar-refractivity contribution in [1.82, 2.24) is 9.46 Å². The van der Waals surface area contributed by atoms with Gasteiger partial charge >= 0.3 is 0 Å². The van der Waals surface area contributed by atoms with Crippen molar-refractivity contribution in [1.29, 1.82) is 0 Å². The van der Waals surface area contributed by atoms with E-state index < -0.39 is 10.0 Å². The molecule has 0 aromatic carbocycles. The summed E-state index contributed by atoms with van der Waals surface area (Å²) in [7, 11) is -1.96. The van der Waals surface area contributed by atoms with Crippen molar-refractivity contribution in [3.8, 4) is 0 Å². The molecule has 0 aliphatic rings. The molecule has 5 nitrogen and oxygen atoms in total. The molecule has 0 aliphatic heterocycles. The summed E-state index contributed by atoms with van der Waals surface area (Å²) >= 11 is 3.32. The largest absolute Gasteiger partial charge is 0.360 e. The molecule has 1 atom stereocenters. The number of hydrogen-bond acceptors (Lipinski definition) is 4. The lowest BCUT2D eigenvalue weighted by Gasteiger charge is -2.17. The van der Waals surface area contributed by atoms with E-state index in [1.165, 1.54) is 4.31 Å². The van der Waals surface area contributed by atoms with Gasteiger partial charge in [0.15, 0.2) is 5.76 Å². The molecule has 1 aromatic rings. The molecule has 1 rings (SSSR count). The van der Waals surface area contributed by atoms with E-state index in [2.05, 4.69) is 21.1 Å². The number of aromatic nitrogens is 1. The van der Waals surface area contributed by atoms with Crippen LogP contribution in [0.25, 0.3) is 0 Å². The summed E-state index contributed by atoms with van der Waals surface area (Å²) in [5, 5.41) is 3.65. The van der Waals surface area contributed by atoms with Gasteiger partial charge in [0.25, 0.3) is 0 Å². The van der Waals surface area contributed by atoms with Gasteiger partial charge in [0.1, 0.15) is 10.6 Å². The van der Waals surface area contributed by atoms with Crippen LogP contribution in [0.5, 0.6) is 0 Å². The van der Waals surface area contributed by atoms with Crippen LogP contribution in [-0.2, 0) is 10.0 Å². The molecule has 0 N–H and O–H groups in total. The van der Waals surface area contributed by atoms with Crippen LogP contribution < -0.4 is 0 Å². The molecule has 1 unspecified atom stereocenters. The third-order valence-electron chi connectivity index (χ3n) is 2.14. The molecule has 0 aliphatic carbocycles.